The van der Waals surface area contributed by atoms with Gasteiger partial charge in [0.15, 0.2) is 0 Å². The molecule has 0 aliphatic heterocycles. The third-order valence-electron chi connectivity index (χ3n) is 3.29. The van der Waals surface area contributed by atoms with Crippen molar-refractivity contribution in [1.29, 1.82) is 0 Å². The van der Waals surface area contributed by atoms with Gasteiger partial charge in [-0.25, -0.2) is 0 Å². The fraction of sp³-hybridized carbons (Fsp3) is 0.769. The summed E-state index contributed by atoms with van der Waals surface area (Å²) in [6.45, 7) is 6.56. The van der Waals surface area contributed by atoms with E-state index in [2.05, 4.69) is 31.2 Å². The van der Waals surface area contributed by atoms with E-state index in [1.54, 1.807) is 0 Å². The predicted octanol–water partition coefficient (Wildman–Crippen LogP) is 2.81. The van der Waals surface area contributed by atoms with Crippen molar-refractivity contribution in [2.45, 2.75) is 46.1 Å². The molecule has 2 atom stereocenters. The van der Waals surface area contributed by atoms with E-state index in [0.29, 0.717) is 12.0 Å². The minimum Gasteiger partial charge on any atom is -0.317 e. The van der Waals surface area contributed by atoms with Gasteiger partial charge in [-0.3, -0.25) is 4.68 Å². The molecule has 2 unspecified atom stereocenters. The Morgan fingerprint density at radius 3 is 2.53 bits per heavy atom. The Bertz CT molecular complexity index is 360. The maximum atomic E-state index is 6.35. The summed E-state index contributed by atoms with van der Waals surface area (Å²) in [6, 6.07) is 0.544. The van der Waals surface area contributed by atoms with Crippen LogP contribution in [-0.2, 0) is 19.9 Å². The van der Waals surface area contributed by atoms with E-state index in [4.69, 9.17) is 11.6 Å². The second-order valence-corrected chi connectivity index (χ2v) is 5.30. The molecule has 0 saturated carbocycles. The summed E-state index contributed by atoms with van der Waals surface area (Å²) in [7, 11) is 3.98. The minimum atomic E-state index is 0.544. The van der Waals surface area contributed by atoms with Gasteiger partial charge in [-0.1, -0.05) is 25.4 Å². The van der Waals surface area contributed by atoms with Gasteiger partial charge in [-0.2, -0.15) is 5.10 Å². The molecule has 0 aliphatic carbocycles. The van der Waals surface area contributed by atoms with Crippen LogP contribution >= 0.6 is 11.6 Å². The molecule has 0 amide bonds. The first kappa shape index (κ1) is 14.5. The van der Waals surface area contributed by atoms with Crippen LogP contribution in [0.25, 0.3) is 0 Å². The molecule has 17 heavy (non-hydrogen) atoms. The Labute approximate surface area is 110 Å². The zero-order valence-electron chi connectivity index (χ0n) is 11.5. The monoisotopic (exact) mass is 257 g/mol. The first-order valence-corrected chi connectivity index (χ1v) is 6.74. The Balaban J connectivity index is 2.71. The van der Waals surface area contributed by atoms with Crippen LogP contribution < -0.4 is 5.32 Å². The number of rotatable bonds is 6. The molecule has 0 saturated heterocycles. The van der Waals surface area contributed by atoms with Crippen LogP contribution in [0.1, 0.15) is 38.6 Å². The van der Waals surface area contributed by atoms with E-state index in [0.717, 1.165) is 30.0 Å². The molecule has 4 heteroatoms. The summed E-state index contributed by atoms with van der Waals surface area (Å²) in [5, 5.41) is 8.58. The highest BCUT2D eigenvalue weighted by atomic mass is 35.5. The standard InChI is InChI=1S/C13H24ClN3/c1-6-11-13(14)12(17(5)16-11)8-9(2)7-10(3)15-4/h9-10,15H,6-8H2,1-5H3. The fourth-order valence-electron chi connectivity index (χ4n) is 2.18. The minimum absolute atomic E-state index is 0.544. The van der Waals surface area contributed by atoms with Crippen LogP contribution in [-0.4, -0.2) is 22.9 Å². The average molecular weight is 258 g/mol. The van der Waals surface area contributed by atoms with Gasteiger partial charge in [0.1, 0.15) is 0 Å². The topological polar surface area (TPSA) is 29.9 Å². The number of hydrogen-bond acceptors (Lipinski definition) is 2. The Morgan fingerprint density at radius 2 is 2.06 bits per heavy atom. The van der Waals surface area contributed by atoms with E-state index in [1.807, 2.05) is 18.8 Å². The maximum absolute atomic E-state index is 6.35. The van der Waals surface area contributed by atoms with Crippen molar-refractivity contribution in [3.05, 3.63) is 16.4 Å². The third kappa shape index (κ3) is 3.71. The van der Waals surface area contributed by atoms with Crippen molar-refractivity contribution in [2.75, 3.05) is 7.05 Å². The molecule has 1 aromatic heterocycles. The summed E-state index contributed by atoms with van der Waals surface area (Å²) in [4.78, 5) is 0. The lowest BCUT2D eigenvalue weighted by atomic mass is 9.97. The maximum Gasteiger partial charge on any atom is 0.0849 e. The molecule has 1 heterocycles. The zero-order chi connectivity index (χ0) is 13.0. The molecule has 0 bridgehead atoms. The van der Waals surface area contributed by atoms with E-state index in [-0.39, 0.29) is 0 Å². The fourth-order valence-corrected chi connectivity index (χ4v) is 2.55. The highest BCUT2D eigenvalue weighted by Crippen LogP contribution is 2.24. The lowest BCUT2D eigenvalue weighted by Crippen LogP contribution is -2.24. The van der Waals surface area contributed by atoms with Crippen LogP contribution in [0, 0.1) is 5.92 Å². The molecular weight excluding hydrogens is 234 g/mol. The molecule has 0 spiro atoms. The normalized spacial score (nSPS) is 14.9. The first-order valence-electron chi connectivity index (χ1n) is 6.37. The second kappa shape index (κ2) is 6.41. The van der Waals surface area contributed by atoms with Gasteiger partial charge >= 0.3 is 0 Å². The second-order valence-electron chi connectivity index (χ2n) is 4.92. The van der Waals surface area contributed by atoms with Crippen LogP contribution in [0.4, 0.5) is 0 Å². The quantitative estimate of drug-likeness (QED) is 0.849. The van der Waals surface area contributed by atoms with Gasteiger partial charge in [0.2, 0.25) is 0 Å². The molecule has 0 fully saturated rings. The van der Waals surface area contributed by atoms with E-state index < -0.39 is 0 Å². The average Bonchev–Trinajstić information content (AvgIpc) is 2.56. The molecule has 0 radical (unpaired) electrons. The Hall–Kier alpha value is -0.540. The molecular formula is C13H24ClN3. The smallest absolute Gasteiger partial charge is 0.0849 e. The van der Waals surface area contributed by atoms with Gasteiger partial charge in [0.05, 0.1) is 16.4 Å². The van der Waals surface area contributed by atoms with Gasteiger partial charge in [-0.15, -0.1) is 0 Å². The van der Waals surface area contributed by atoms with Crippen molar-refractivity contribution in [3.8, 4) is 0 Å². The van der Waals surface area contributed by atoms with Crippen LogP contribution in [0.3, 0.4) is 0 Å². The summed E-state index contributed by atoms with van der Waals surface area (Å²) < 4.78 is 1.93. The summed E-state index contributed by atoms with van der Waals surface area (Å²) in [5.41, 5.74) is 2.18. The van der Waals surface area contributed by atoms with Crippen LogP contribution in [0.2, 0.25) is 5.02 Å². The summed E-state index contributed by atoms with van der Waals surface area (Å²) in [5.74, 6) is 0.607. The van der Waals surface area contributed by atoms with Crippen molar-refractivity contribution in [1.82, 2.24) is 15.1 Å². The first-order chi connectivity index (χ1) is 7.99. The molecule has 98 valence electrons. The predicted molar refractivity (Wildman–Crippen MR) is 73.6 cm³/mol. The summed E-state index contributed by atoms with van der Waals surface area (Å²) in [6.07, 6.45) is 3.04. The number of nitrogens with one attached hydrogen (secondary N) is 1. The number of hydrogen-bond donors (Lipinski definition) is 1. The van der Waals surface area contributed by atoms with Crippen molar-refractivity contribution < 1.29 is 0 Å². The van der Waals surface area contributed by atoms with Gasteiger partial charge < -0.3 is 5.32 Å². The molecule has 0 aliphatic rings. The van der Waals surface area contributed by atoms with E-state index in [1.165, 1.54) is 5.69 Å². The highest BCUT2D eigenvalue weighted by Gasteiger charge is 2.16. The Kier molecular flexibility index (Phi) is 5.47. The number of halogens is 1. The Morgan fingerprint density at radius 1 is 1.41 bits per heavy atom. The molecule has 1 N–H and O–H groups in total. The lowest BCUT2D eigenvalue weighted by molar-refractivity contribution is 0.431. The van der Waals surface area contributed by atoms with Crippen molar-refractivity contribution in [3.63, 3.8) is 0 Å². The van der Waals surface area contributed by atoms with Crippen LogP contribution in [0.15, 0.2) is 0 Å². The number of nitrogens with zero attached hydrogens (tertiary/aromatic N) is 2. The van der Waals surface area contributed by atoms with E-state index >= 15 is 0 Å². The molecule has 3 nitrogen and oxygen atoms in total. The van der Waals surface area contributed by atoms with Crippen molar-refractivity contribution >= 4 is 11.6 Å². The highest BCUT2D eigenvalue weighted by molar-refractivity contribution is 6.31. The number of aryl methyl sites for hydroxylation is 2. The molecule has 1 rings (SSSR count). The lowest BCUT2D eigenvalue weighted by Gasteiger charge is -2.16. The molecule has 0 aromatic carbocycles. The largest absolute Gasteiger partial charge is 0.317 e. The van der Waals surface area contributed by atoms with E-state index in [9.17, 15) is 0 Å². The van der Waals surface area contributed by atoms with Gasteiger partial charge in [0, 0.05) is 13.1 Å². The SMILES string of the molecule is CCc1nn(C)c(CC(C)CC(C)NC)c1Cl. The third-order valence-corrected chi connectivity index (χ3v) is 3.73. The summed E-state index contributed by atoms with van der Waals surface area (Å²) >= 11 is 6.35. The van der Waals surface area contributed by atoms with Gasteiger partial charge in [-0.05, 0) is 39.2 Å². The zero-order valence-corrected chi connectivity index (χ0v) is 12.3. The van der Waals surface area contributed by atoms with Crippen molar-refractivity contribution in [2.24, 2.45) is 13.0 Å². The van der Waals surface area contributed by atoms with Crippen LogP contribution in [0.5, 0.6) is 0 Å². The molecule has 1 aromatic rings. The van der Waals surface area contributed by atoms with Gasteiger partial charge in [0.25, 0.3) is 0 Å². The number of aromatic nitrogens is 2.